The smallest absolute Gasteiger partial charge is 0.0381 e. The Labute approximate surface area is 142 Å². The first-order valence-electron chi connectivity index (χ1n) is 9.56. The van der Waals surface area contributed by atoms with Gasteiger partial charge in [-0.3, -0.25) is 0 Å². The molecule has 0 spiro atoms. The molecule has 0 aliphatic heterocycles. The monoisotopic (exact) mass is 310 g/mol. The van der Waals surface area contributed by atoms with Gasteiger partial charge < -0.3 is 0 Å². The van der Waals surface area contributed by atoms with E-state index < -0.39 is 0 Å². The van der Waals surface area contributed by atoms with E-state index in [4.69, 9.17) is 0 Å². The van der Waals surface area contributed by atoms with Crippen LogP contribution < -0.4 is 0 Å². The molecular weight excluding hydrogens is 264 g/mol. The predicted octanol–water partition coefficient (Wildman–Crippen LogP) is 7.96. The van der Waals surface area contributed by atoms with Crippen molar-refractivity contribution in [3.63, 3.8) is 0 Å². The molecule has 0 N–H and O–H groups in total. The summed E-state index contributed by atoms with van der Waals surface area (Å²) in [6.45, 7) is 9.49. The molecule has 5 aliphatic carbocycles. The van der Waals surface area contributed by atoms with Crippen LogP contribution in [-0.4, -0.2) is 0 Å². The van der Waals surface area contributed by atoms with Crippen LogP contribution >= 0.6 is 0 Å². The number of rotatable bonds is 0. The second-order valence-electron chi connectivity index (χ2n) is 8.60. The van der Waals surface area contributed by atoms with Crippen LogP contribution in [0.15, 0.2) is 0 Å². The van der Waals surface area contributed by atoms with E-state index in [1.54, 1.807) is 12.8 Å². The fraction of sp³-hybridized carbons (Fsp3) is 1.00. The van der Waals surface area contributed by atoms with Gasteiger partial charge in [0.25, 0.3) is 0 Å². The Kier molecular flexibility index (Phi) is 10.7. The molecule has 2 unspecified atom stereocenters. The maximum Gasteiger partial charge on any atom is -0.0381 e. The first-order chi connectivity index (χ1) is 9.56. The fourth-order valence-corrected chi connectivity index (χ4v) is 4.09. The second kappa shape index (κ2) is 10.7. The minimum atomic E-state index is 0. The highest BCUT2D eigenvalue weighted by molar-refractivity contribution is 4.91. The zero-order chi connectivity index (χ0) is 14.5. The summed E-state index contributed by atoms with van der Waals surface area (Å²) in [7, 11) is 0. The van der Waals surface area contributed by atoms with E-state index in [1.165, 1.54) is 51.4 Å². The molecule has 0 radical (unpaired) electrons. The Bertz CT molecular complexity index is 251. The van der Waals surface area contributed by atoms with Crippen molar-refractivity contribution in [1.29, 1.82) is 0 Å². The van der Waals surface area contributed by atoms with Crippen molar-refractivity contribution in [3.8, 4) is 0 Å². The van der Waals surface area contributed by atoms with Crippen LogP contribution in [0.4, 0.5) is 0 Å². The van der Waals surface area contributed by atoms with Gasteiger partial charge in [0.05, 0.1) is 0 Å². The summed E-state index contributed by atoms with van der Waals surface area (Å²) in [5.41, 5.74) is 0. The number of fused-ring (bicyclic) bond motifs is 2. The van der Waals surface area contributed by atoms with Crippen LogP contribution in [0.2, 0.25) is 0 Å². The van der Waals surface area contributed by atoms with Crippen molar-refractivity contribution < 1.29 is 0 Å². The summed E-state index contributed by atoms with van der Waals surface area (Å²) in [4.78, 5) is 0. The molecule has 5 aliphatic rings. The Hall–Kier alpha value is 0. The average Bonchev–Trinajstić information content (AvgIpc) is 3.16. The SMILES string of the molecule is C.C.CC1CC1.CC1CC2CC(C2)C1C.CC1CCCCC1. The summed E-state index contributed by atoms with van der Waals surface area (Å²) in [6.07, 6.45) is 15.1. The third-order valence-electron chi connectivity index (χ3n) is 6.38. The van der Waals surface area contributed by atoms with E-state index in [0.29, 0.717) is 0 Å². The third kappa shape index (κ3) is 7.51. The van der Waals surface area contributed by atoms with Gasteiger partial charge in [-0.1, -0.05) is 87.5 Å². The molecule has 0 saturated heterocycles. The molecule has 5 fully saturated rings. The molecule has 0 aromatic carbocycles. The highest BCUT2D eigenvalue weighted by Crippen LogP contribution is 2.51. The minimum Gasteiger partial charge on any atom is -0.0776 e. The zero-order valence-electron chi connectivity index (χ0n) is 14.5. The maximum absolute atomic E-state index is 2.44. The van der Waals surface area contributed by atoms with Gasteiger partial charge in [-0.2, -0.15) is 0 Å². The van der Waals surface area contributed by atoms with Crippen molar-refractivity contribution in [1.82, 2.24) is 0 Å². The molecule has 0 heterocycles. The Morgan fingerprint density at radius 1 is 0.591 bits per heavy atom. The van der Waals surface area contributed by atoms with Gasteiger partial charge in [0, 0.05) is 0 Å². The first-order valence-corrected chi connectivity index (χ1v) is 9.56. The van der Waals surface area contributed by atoms with Crippen LogP contribution in [0.3, 0.4) is 0 Å². The quantitative estimate of drug-likeness (QED) is 0.425. The molecule has 134 valence electrons. The highest BCUT2D eigenvalue weighted by Gasteiger charge is 2.41. The topological polar surface area (TPSA) is 0 Å². The van der Waals surface area contributed by atoms with Gasteiger partial charge in [0.1, 0.15) is 0 Å². The lowest BCUT2D eigenvalue weighted by atomic mass is 9.57. The molecule has 5 saturated carbocycles. The van der Waals surface area contributed by atoms with Crippen molar-refractivity contribution in [2.24, 2.45) is 35.5 Å². The van der Waals surface area contributed by atoms with E-state index in [2.05, 4.69) is 27.7 Å². The van der Waals surface area contributed by atoms with Gasteiger partial charge in [0.15, 0.2) is 0 Å². The second-order valence-corrected chi connectivity index (χ2v) is 8.60. The molecule has 0 heteroatoms. The number of hydrogen-bond acceptors (Lipinski definition) is 0. The Morgan fingerprint density at radius 3 is 1.32 bits per heavy atom. The van der Waals surface area contributed by atoms with Crippen molar-refractivity contribution in [2.45, 2.75) is 107 Å². The molecule has 0 nitrogen and oxygen atoms in total. The van der Waals surface area contributed by atoms with E-state index in [-0.39, 0.29) is 14.9 Å². The largest absolute Gasteiger partial charge is 0.0776 e. The molecule has 0 aromatic rings. The van der Waals surface area contributed by atoms with E-state index >= 15 is 0 Å². The molecule has 2 bridgehead atoms. The van der Waals surface area contributed by atoms with E-state index in [0.717, 1.165) is 35.5 Å². The molecule has 2 atom stereocenters. The third-order valence-corrected chi connectivity index (χ3v) is 6.38. The lowest BCUT2D eigenvalue weighted by Gasteiger charge is -2.49. The van der Waals surface area contributed by atoms with Crippen LogP contribution in [0.5, 0.6) is 0 Å². The highest BCUT2D eigenvalue weighted by atomic mass is 14.5. The normalized spacial score (nSPS) is 36.0. The van der Waals surface area contributed by atoms with Crippen LogP contribution in [0.25, 0.3) is 0 Å². The van der Waals surface area contributed by atoms with Crippen LogP contribution in [-0.2, 0) is 0 Å². The summed E-state index contributed by atoms with van der Waals surface area (Å²) in [5.74, 6) is 6.45. The molecule has 0 aromatic heterocycles. The Balaban J connectivity index is 0.000000306. The van der Waals surface area contributed by atoms with E-state index in [9.17, 15) is 0 Å². The van der Waals surface area contributed by atoms with Crippen molar-refractivity contribution >= 4 is 0 Å². The zero-order valence-corrected chi connectivity index (χ0v) is 14.5. The van der Waals surface area contributed by atoms with Gasteiger partial charge >= 0.3 is 0 Å². The summed E-state index contributed by atoms with van der Waals surface area (Å²) in [6, 6.07) is 0. The lowest BCUT2D eigenvalue weighted by molar-refractivity contribution is 0.0154. The number of hydrogen-bond donors (Lipinski definition) is 0. The van der Waals surface area contributed by atoms with Crippen LogP contribution in [0, 0.1) is 35.5 Å². The average molecular weight is 311 g/mol. The lowest BCUT2D eigenvalue weighted by Crippen LogP contribution is -2.39. The molecule has 0 amide bonds. The van der Waals surface area contributed by atoms with E-state index in [1.807, 2.05) is 0 Å². The first kappa shape index (κ1) is 22.0. The van der Waals surface area contributed by atoms with Gasteiger partial charge in [0.2, 0.25) is 0 Å². The molecule has 5 rings (SSSR count). The maximum atomic E-state index is 2.44. The molecular formula is C22H46. The van der Waals surface area contributed by atoms with Gasteiger partial charge in [-0.25, -0.2) is 0 Å². The summed E-state index contributed by atoms with van der Waals surface area (Å²) >= 11 is 0. The molecule has 22 heavy (non-hydrogen) atoms. The van der Waals surface area contributed by atoms with Crippen LogP contribution in [0.1, 0.15) is 107 Å². The van der Waals surface area contributed by atoms with Gasteiger partial charge in [-0.05, 0) is 54.8 Å². The van der Waals surface area contributed by atoms with Gasteiger partial charge in [-0.15, -0.1) is 0 Å². The predicted molar refractivity (Wildman–Crippen MR) is 103 cm³/mol. The summed E-state index contributed by atoms with van der Waals surface area (Å²) < 4.78 is 0. The van der Waals surface area contributed by atoms with Crippen molar-refractivity contribution in [3.05, 3.63) is 0 Å². The summed E-state index contributed by atoms with van der Waals surface area (Å²) in [5, 5.41) is 0. The fourth-order valence-electron chi connectivity index (χ4n) is 4.09. The minimum absolute atomic E-state index is 0. The standard InChI is InChI=1S/C9H16.C7H14.C4H8.2CH4/c1-6-3-8-4-9(5-8)7(6)2;1-7-5-3-2-4-6-7;1-4-2-3-4;;/h6-9H,3-5H2,1-2H3;7H,2-6H2,1H3;4H,2-3H2,1H3;2*1H4. The Morgan fingerprint density at radius 2 is 1.09 bits per heavy atom. The van der Waals surface area contributed by atoms with Crippen molar-refractivity contribution in [2.75, 3.05) is 0 Å².